The van der Waals surface area contributed by atoms with E-state index in [1.807, 2.05) is 6.07 Å². The van der Waals surface area contributed by atoms with Crippen LogP contribution in [0.2, 0.25) is 0 Å². The molecule has 20 heavy (non-hydrogen) atoms. The fraction of sp³-hybridized carbons (Fsp3) is 0.438. The molecule has 4 nitrogen and oxygen atoms in total. The van der Waals surface area contributed by atoms with Gasteiger partial charge >= 0.3 is 0 Å². The van der Waals surface area contributed by atoms with Crippen molar-refractivity contribution in [2.75, 3.05) is 0 Å². The number of imide groups is 1. The molecule has 1 aromatic rings. The number of hydrogen-bond donors (Lipinski definition) is 0. The van der Waals surface area contributed by atoms with Gasteiger partial charge in [0.2, 0.25) is 5.91 Å². The number of amides is 2. The fourth-order valence-electron chi connectivity index (χ4n) is 3.40. The molecule has 2 atom stereocenters. The highest BCUT2D eigenvalue weighted by Crippen LogP contribution is 2.37. The summed E-state index contributed by atoms with van der Waals surface area (Å²) in [7, 11) is 0. The van der Waals surface area contributed by atoms with Crippen LogP contribution in [0.25, 0.3) is 0 Å². The van der Waals surface area contributed by atoms with Crippen molar-refractivity contribution < 1.29 is 9.59 Å². The molecule has 2 aliphatic rings. The molecule has 1 heterocycles. The number of nitrogens with zero attached hydrogens (tertiary/aromatic N) is 2. The molecular weight excluding hydrogens is 252 g/mol. The number of hydrogen-bond acceptors (Lipinski definition) is 3. The Morgan fingerprint density at radius 3 is 2.65 bits per heavy atom. The normalized spacial score (nSPS) is 25.1. The maximum absolute atomic E-state index is 12.6. The van der Waals surface area contributed by atoms with Gasteiger partial charge in [0.15, 0.2) is 0 Å². The first kappa shape index (κ1) is 12.9. The van der Waals surface area contributed by atoms with Crippen LogP contribution >= 0.6 is 0 Å². The summed E-state index contributed by atoms with van der Waals surface area (Å²) in [5.41, 5.74) is 1.01. The third kappa shape index (κ3) is 2.09. The van der Waals surface area contributed by atoms with Crippen LogP contribution in [0.3, 0.4) is 0 Å². The minimum absolute atomic E-state index is 0.0532. The van der Waals surface area contributed by atoms with Crippen molar-refractivity contribution in [1.29, 1.82) is 5.26 Å². The number of carbonyl (C=O) groups is 2. The molecule has 1 aliphatic carbocycles. The summed E-state index contributed by atoms with van der Waals surface area (Å²) in [6.07, 6.45) is 4.54. The second-order valence-electron chi connectivity index (χ2n) is 5.56. The lowest BCUT2D eigenvalue weighted by atomic mass is 9.91. The topological polar surface area (TPSA) is 61.2 Å². The average molecular weight is 268 g/mol. The standard InChI is InChI=1S/C16H16N2O2/c17-10-11-4-6-13(7-5-11)16(20)18-14-3-1-2-12(14)8-9-15(18)19/h4-7,12,14H,1-3,8-9H2. The van der Waals surface area contributed by atoms with Crippen molar-refractivity contribution in [2.24, 2.45) is 5.92 Å². The van der Waals surface area contributed by atoms with Crippen molar-refractivity contribution >= 4 is 11.8 Å². The largest absolute Gasteiger partial charge is 0.275 e. The van der Waals surface area contributed by atoms with Crippen LogP contribution in [0.4, 0.5) is 0 Å². The average Bonchev–Trinajstić information content (AvgIpc) is 2.95. The SMILES string of the molecule is N#Cc1ccc(C(=O)N2C(=O)CCC3CCCC32)cc1. The van der Waals surface area contributed by atoms with Gasteiger partial charge in [-0.3, -0.25) is 14.5 Å². The summed E-state index contributed by atoms with van der Waals surface area (Å²) in [5, 5.41) is 8.78. The van der Waals surface area contributed by atoms with Crippen molar-refractivity contribution in [2.45, 2.75) is 38.1 Å². The van der Waals surface area contributed by atoms with E-state index in [0.717, 1.165) is 25.7 Å². The maximum Gasteiger partial charge on any atom is 0.260 e. The third-order valence-corrected chi connectivity index (χ3v) is 4.43. The molecule has 0 aromatic heterocycles. The zero-order chi connectivity index (χ0) is 14.1. The molecular formula is C16H16N2O2. The van der Waals surface area contributed by atoms with E-state index in [-0.39, 0.29) is 17.9 Å². The molecule has 2 unspecified atom stereocenters. The van der Waals surface area contributed by atoms with E-state index in [9.17, 15) is 9.59 Å². The number of nitriles is 1. The number of piperidine rings is 1. The molecule has 102 valence electrons. The Labute approximate surface area is 118 Å². The lowest BCUT2D eigenvalue weighted by Gasteiger charge is -2.36. The summed E-state index contributed by atoms with van der Waals surface area (Å²) in [4.78, 5) is 26.2. The van der Waals surface area contributed by atoms with Crippen LogP contribution in [-0.2, 0) is 4.79 Å². The monoisotopic (exact) mass is 268 g/mol. The van der Waals surface area contributed by atoms with E-state index in [1.54, 1.807) is 24.3 Å². The van der Waals surface area contributed by atoms with E-state index in [4.69, 9.17) is 5.26 Å². The minimum Gasteiger partial charge on any atom is -0.275 e. The second-order valence-corrected chi connectivity index (χ2v) is 5.56. The fourth-order valence-corrected chi connectivity index (χ4v) is 3.40. The zero-order valence-corrected chi connectivity index (χ0v) is 11.2. The summed E-state index contributed by atoms with van der Waals surface area (Å²) < 4.78 is 0. The molecule has 2 amide bonds. The van der Waals surface area contributed by atoms with Crippen molar-refractivity contribution in [3.05, 3.63) is 35.4 Å². The highest BCUT2D eigenvalue weighted by molar-refractivity contribution is 6.05. The van der Waals surface area contributed by atoms with Gasteiger partial charge in [-0.25, -0.2) is 0 Å². The van der Waals surface area contributed by atoms with Crippen LogP contribution in [0.5, 0.6) is 0 Å². The number of rotatable bonds is 1. The Morgan fingerprint density at radius 1 is 1.20 bits per heavy atom. The number of likely N-dealkylation sites (tertiary alicyclic amines) is 1. The van der Waals surface area contributed by atoms with Crippen LogP contribution in [0.1, 0.15) is 48.0 Å². The van der Waals surface area contributed by atoms with Gasteiger partial charge in [-0.2, -0.15) is 5.26 Å². The predicted octanol–water partition coefficient (Wildman–Crippen LogP) is 2.49. The Balaban J connectivity index is 1.87. The van der Waals surface area contributed by atoms with Gasteiger partial charge in [0, 0.05) is 18.0 Å². The van der Waals surface area contributed by atoms with Crippen LogP contribution < -0.4 is 0 Å². The Hall–Kier alpha value is -2.15. The first-order chi connectivity index (χ1) is 9.70. The van der Waals surface area contributed by atoms with Gasteiger partial charge in [-0.05, 0) is 49.4 Å². The Bertz CT molecular complexity index is 585. The lowest BCUT2D eigenvalue weighted by Crippen LogP contribution is -2.49. The van der Waals surface area contributed by atoms with E-state index < -0.39 is 0 Å². The van der Waals surface area contributed by atoms with Crippen LogP contribution in [0, 0.1) is 17.2 Å². The van der Waals surface area contributed by atoms with Gasteiger partial charge in [-0.15, -0.1) is 0 Å². The molecule has 0 bridgehead atoms. The number of carbonyl (C=O) groups excluding carboxylic acids is 2. The summed E-state index contributed by atoms with van der Waals surface area (Å²) in [5.74, 6) is 0.216. The van der Waals surface area contributed by atoms with Gasteiger partial charge < -0.3 is 0 Å². The summed E-state index contributed by atoms with van der Waals surface area (Å²) >= 11 is 0. The first-order valence-corrected chi connectivity index (χ1v) is 7.07. The van der Waals surface area contributed by atoms with Gasteiger partial charge in [-0.1, -0.05) is 6.42 Å². The molecule has 1 saturated heterocycles. The van der Waals surface area contributed by atoms with Crippen molar-refractivity contribution in [3.8, 4) is 6.07 Å². The van der Waals surface area contributed by atoms with Crippen molar-refractivity contribution in [3.63, 3.8) is 0 Å². The van der Waals surface area contributed by atoms with Crippen LogP contribution in [0.15, 0.2) is 24.3 Å². The van der Waals surface area contributed by atoms with Gasteiger partial charge in [0.25, 0.3) is 5.91 Å². The second kappa shape index (κ2) is 5.09. The zero-order valence-electron chi connectivity index (χ0n) is 11.2. The highest BCUT2D eigenvalue weighted by Gasteiger charge is 2.41. The number of benzene rings is 1. The molecule has 3 rings (SSSR count). The molecule has 2 fully saturated rings. The molecule has 1 aliphatic heterocycles. The molecule has 1 saturated carbocycles. The third-order valence-electron chi connectivity index (χ3n) is 4.43. The summed E-state index contributed by atoms with van der Waals surface area (Å²) in [6.45, 7) is 0. The Morgan fingerprint density at radius 2 is 1.95 bits per heavy atom. The van der Waals surface area contributed by atoms with E-state index in [2.05, 4.69) is 0 Å². The van der Waals surface area contributed by atoms with E-state index in [1.165, 1.54) is 4.90 Å². The minimum atomic E-state index is -0.212. The molecule has 4 heteroatoms. The van der Waals surface area contributed by atoms with Crippen molar-refractivity contribution in [1.82, 2.24) is 4.90 Å². The number of fused-ring (bicyclic) bond motifs is 1. The lowest BCUT2D eigenvalue weighted by molar-refractivity contribution is -0.134. The van der Waals surface area contributed by atoms with Gasteiger partial charge in [0.05, 0.1) is 11.6 Å². The van der Waals surface area contributed by atoms with Crippen LogP contribution in [-0.4, -0.2) is 22.8 Å². The quantitative estimate of drug-likeness (QED) is 0.735. The smallest absolute Gasteiger partial charge is 0.260 e. The first-order valence-electron chi connectivity index (χ1n) is 7.07. The molecule has 1 aromatic carbocycles. The highest BCUT2D eigenvalue weighted by atomic mass is 16.2. The summed E-state index contributed by atoms with van der Waals surface area (Å²) in [6, 6.07) is 8.61. The van der Waals surface area contributed by atoms with Gasteiger partial charge in [0.1, 0.15) is 0 Å². The molecule has 0 spiro atoms. The predicted molar refractivity (Wildman–Crippen MR) is 72.7 cm³/mol. The molecule has 0 radical (unpaired) electrons. The van der Waals surface area contributed by atoms with E-state index in [0.29, 0.717) is 23.5 Å². The van der Waals surface area contributed by atoms with E-state index >= 15 is 0 Å². The Kier molecular flexibility index (Phi) is 3.27. The molecule has 0 N–H and O–H groups in total. The maximum atomic E-state index is 12.6.